The van der Waals surface area contributed by atoms with Crippen LogP contribution in [0.5, 0.6) is 0 Å². The minimum atomic E-state index is 0.0150. The number of aromatic nitrogens is 3. The van der Waals surface area contributed by atoms with Gasteiger partial charge in [-0.2, -0.15) is 0 Å². The van der Waals surface area contributed by atoms with E-state index >= 15 is 0 Å². The maximum absolute atomic E-state index is 11.4. The molecule has 0 aromatic carbocycles. The van der Waals surface area contributed by atoms with Crippen LogP contribution in [0.15, 0.2) is 17.2 Å². The molecular weight excluding hydrogens is 154 g/mol. The summed E-state index contributed by atoms with van der Waals surface area (Å²) in [6.07, 6.45) is 1.63. The molecule has 0 amide bonds. The molecule has 0 aliphatic heterocycles. The second-order valence-corrected chi connectivity index (χ2v) is 2.87. The first-order valence-electron chi connectivity index (χ1n) is 3.69. The summed E-state index contributed by atoms with van der Waals surface area (Å²) in [5, 5.41) is 0. The number of nitrogens with one attached hydrogen (secondary N) is 1. The van der Waals surface area contributed by atoms with Gasteiger partial charge in [0, 0.05) is 18.8 Å². The number of H-pyrrole nitrogens is 1. The molecule has 0 aliphatic rings. The summed E-state index contributed by atoms with van der Waals surface area (Å²) in [5.74, 6) is 0. The van der Waals surface area contributed by atoms with E-state index in [4.69, 9.17) is 0 Å². The smallest absolute Gasteiger partial charge is 0.207 e. The Morgan fingerprint density at radius 3 is 3.08 bits per heavy atom. The summed E-state index contributed by atoms with van der Waals surface area (Å²) >= 11 is 0. The monoisotopic (exact) mass is 163 g/mol. The van der Waals surface area contributed by atoms with Crippen molar-refractivity contribution in [1.29, 1.82) is 0 Å². The second kappa shape index (κ2) is 2.20. The van der Waals surface area contributed by atoms with Gasteiger partial charge in [0.15, 0.2) is 5.65 Å². The van der Waals surface area contributed by atoms with Gasteiger partial charge in [0.25, 0.3) is 0 Å². The lowest BCUT2D eigenvalue weighted by Crippen LogP contribution is -2.05. The third kappa shape index (κ3) is 0.845. The highest BCUT2D eigenvalue weighted by Crippen LogP contribution is 2.03. The van der Waals surface area contributed by atoms with Gasteiger partial charge in [0.05, 0.1) is 6.33 Å². The van der Waals surface area contributed by atoms with Gasteiger partial charge in [0.1, 0.15) is 5.52 Å². The van der Waals surface area contributed by atoms with Crippen LogP contribution in [0.1, 0.15) is 5.69 Å². The third-order valence-electron chi connectivity index (χ3n) is 1.83. The fourth-order valence-corrected chi connectivity index (χ4v) is 1.30. The Bertz CT molecular complexity index is 480. The SMILES string of the molecule is Cc1cc(=O)c2c(ncn2C)[nH]1. The fraction of sp³-hybridized carbons (Fsp3) is 0.250. The van der Waals surface area contributed by atoms with Crippen LogP contribution in [0, 0.1) is 6.92 Å². The Morgan fingerprint density at radius 2 is 2.33 bits per heavy atom. The zero-order valence-electron chi connectivity index (χ0n) is 6.96. The minimum Gasteiger partial charge on any atom is -0.342 e. The third-order valence-corrected chi connectivity index (χ3v) is 1.83. The lowest BCUT2D eigenvalue weighted by Gasteiger charge is -1.94. The predicted octanol–water partition coefficient (Wildman–Crippen LogP) is 0.570. The highest BCUT2D eigenvalue weighted by Gasteiger charge is 2.03. The molecule has 0 saturated carbocycles. The van der Waals surface area contributed by atoms with Crippen molar-refractivity contribution in [1.82, 2.24) is 14.5 Å². The van der Waals surface area contributed by atoms with Crippen LogP contribution in [-0.4, -0.2) is 14.5 Å². The molecule has 2 rings (SSSR count). The van der Waals surface area contributed by atoms with Crippen molar-refractivity contribution in [2.45, 2.75) is 6.92 Å². The molecule has 2 aromatic rings. The normalized spacial score (nSPS) is 10.8. The van der Waals surface area contributed by atoms with E-state index in [0.29, 0.717) is 11.2 Å². The van der Waals surface area contributed by atoms with Crippen LogP contribution < -0.4 is 5.43 Å². The highest BCUT2D eigenvalue weighted by atomic mass is 16.1. The zero-order chi connectivity index (χ0) is 8.72. The molecule has 0 radical (unpaired) electrons. The Kier molecular flexibility index (Phi) is 1.30. The Balaban J connectivity index is 3.03. The first-order valence-corrected chi connectivity index (χ1v) is 3.69. The van der Waals surface area contributed by atoms with Crippen LogP contribution in [0.2, 0.25) is 0 Å². The van der Waals surface area contributed by atoms with Crippen molar-refractivity contribution in [3.05, 3.63) is 28.3 Å². The van der Waals surface area contributed by atoms with Crippen LogP contribution in [-0.2, 0) is 7.05 Å². The second-order valence-electron chi connectivity index (χ2n) is 2.87. The van der Waals surface area contributed by atoms with Crippen LogP contribution in [0.4, 0.5) is 0 Å². The molecule has 2 heterocycles. The topological polar surface area (TPSA) is 50.7 Å². The maximum Gasteiger partial charge on any atom is 0.207 e. The van der Waals surface area contributed by atoms with Gasteiger partial charge in [-0.15, -0.1) is 0 Å². The molecule has 4 heteroatoms. The average Bonchev–Trinajstić information content (AvgIpc) is 2.31. The summed E-state index contributed by atoms with van der Waals surface area (Å²) < 4.78 is 1.72. The van der Waals surface area contributed by atoms with E-state index in [1.807, 2.05) is 6.92 Å². The molecule has 0 spiro atoms. The average molecular weight is 163 g/mol. The van der Waals surface area contributed by atoms with Crippen LogP contribution in [0.3, 0.4) is 0 Å². The molecular formula is C8H9N3O. The maximum atomic E-state index is 11.4. The molecule has 2 aromatic heterocycles. The van der Waals surface area contributed by atoms with E-state index in [0.717, 1.165) is 5.69 Å². The van der Waals surface area contributed by atoms with Crippen molar-refractivity contribution < 1.29 is 0 Å². The van der Waals surface area contributed by atoms with Crippen molar-refractivity contribution >= 4 is 11.2 Å². The number of rotatable bonds is 0. The molecule has 0 bridgehead atoms. The number of hydrogen-bond acceptors (Lipinski definition) is 2. The molecule has 12 heavy (non-hydrogen) atoms. The Hall–Kier alpha value is -1.58. The first kappa shape index (κ1) is 7.09. The summed E-state index contributed by atoms with van der Waals surface area (Å²) in [7, 11) is 1.81. The van der Waals surface area contributed by atoms with Crippen molar-refractivity contribution in [2.75, 3.05) is 0 Å². The number of nitrogens with zero attached hydrogens (tertiary/aromatic N) is 2. The van der Waals surface area contributed by atoms with Gasteiger partial charge in [-0.25, -0.2) is 4.98 Å². The lowest BCUT2D eigenvalue weighted by atomic mass is 10.3. The quantitative estimate of drug-likeness (QED) is 0.617. The van der Waals surface area contributed by atoms with Gasteiger partial charge in [0.2, 0.25) is 5.43 Å². The molecule has 62 valence electrons. The molecule has 4 nitrogen and oxygen atoms in total. The molecule has 0 aliphatic carbocycles. The van der Waals surface area contributed by atoms with E-state index < -0.39 is 0 Å². The molecule has 0 atom stereocenters. The number of pyridine rings is 1. The van der Waals surface area contributed by atoms with Gasteiger partial charge in [-0.3, -0.25) is 4.79 Å². The van der Waals surface area contributed by atoms with Gasteiger partial charge >= 0.3 is 0 Å². The Morgan fingerprint density at radius 1 is 1.58 bits per heavy atom. The highest BCUT2D eigenvalue weighted by molar-refractivity contribution is 5.70. The van der Waals surface area contributed by atoms with Gasteiger partial charge in [-0.1, -0.05) is 0 Å². The van der Waals surface area contributed by atoms with E-state index in [9.17, 15) is 4.79 Å². The Labute approximate surface area is 68.9 Å². The van der Waals surface area contributed by atoms with Crippen molar-refractivity contribution in [3.8, 4) is 0 Å². The lowest BCUT2D eigenvalue weighted by molar-refractivity contribution is 0.944. The minimum absolute atomic E-state index is 0.0150. The summed E-state index contributed by atoms with van der Waals surface area (Å²) in [6.45, 7) is 1.84. The van der Waals surface area contributed by atoms with Gasteiger partial charge in [-0.05, 0) is 6.92 Å². The largest absolute Gasteiger partial charge is 0.342 e. The molecule has 1 N–H and O–H groups in total. The predicted molar refractivity (Wildman–Crippen MR) is 46.1 cm³/mol. The summed E-state index contributed by atoms with van der Waals surface area (Å²) in [5.41, 5.74) is 2.13. The number of hydrogen-bond donors (Lipinski definition) is 1. The standard InChI is InChI=1S/C8H9N3O/c1-5-3-6(12)7-8(10-5)9-4-11(7)2/h3-4H,1-2H3,(H,10,12). The molecule has 0 unspecified atom stereocenters. The van der Waals surface area contributed by atoms with Crippen LogP contribution in [0.25, 0.3) is 11.2 Å². The van der Waals surface area contributed by atoms with E-state index in [-0.39, 0.29) is 5.43 Å². The fourth-order valence-electron chi connectivity index (χ4n) is 1.30. The summed E-state index contributed by atoms with van der Waals surface area (Å²) in [6, 6.07) is 1.57. The number of fused-ring (bicyclic) bond motifs is 1. The summed E-state index contributed by atoms with van der Waals surface area (Å²) in [4.78, 5) is 18.5. The van der Waals surface area contributed by atoms with E-state index in [1.165, 1.54) is 0 Å². The number of aryl methyl sites for hydroxylation is 2. The van der Waals surface area contributed by atoms with Crippen molar-refractivity contribution in [3.63, 3.8) is 0 Å². The van der Waals surface area contributed by atoms with Crippen LogP contribution >= 0.6 is 0 Å². The van der Waals surface area contributed by atoms with Gasteiger partial charge < -0.3 is 9.55 Å². The first-order chi connectivity index (χ1) is 5.68. The zero-order valence-corrected chi connectivity index (χ0v) is 6.96. The van der Waals surface area contributed by atoms with Crippen molar-refractivity contribution in [2.24, 2.45) is 7.05 Å². The number of aromatic amines is 1. The van der Waals surface area contributed by atoms with E-state index in [2.05, 4.69) is 9.97 Å². The number of imidazole rings is 1. The van der Waals surface area contributed by atoms with E-state index in [1.54, 1.807) is 24.0 Å². The molecule has 0 fully saturated rings. The molecule has 0 saturated heterocycles.